The van der Waals surface area contributed by atoms with Gasteiger partial charge in [0.2, 0.25) is 10.0 Å². The van der Waals surface area contributed by atoms with Crippen molar-refractivity contribution in [2.75, 3.05) is 44.8 Å². The Morgan fingerprint density at radius 1 is 1.18 bits per heavy atom. The molecule has 1 saturated carbocycles. The number of morpholine rings is 1. The summed E-state index contributed by atoms with van der Waals surface area (Å²) in [5.74, 6) is -0.153. The summed E-state index contributed by atoms with van der Waals surface area (Å²) in [6.07, 6.45) is 2.05. The summed E-state index contributed by atoms with van der Waals surface area (Å²) in [5.41, 5.74) is 1.35. The minimum absolute atomic E-state index is 0.159. The fourth-order valence-electron chi connectivity index (χ4n) is 3.53. The van der Waals surface area contributed by atoms with Crippen molar-refractivity contribution in [2.24, 2.45) is 0 Å². The number of rotatable bonds is 9. The van der Waals surface area contributed by atoms with Crippen molar-refractivity contribution in [1.29, 1.82) is 0 Å². The third kappa shape index (κ3) is 5.55. The van der Waals surface area contributed by atoms with E-state index >= 15 is 0 Å². The molecule has 2 fully saturated rings. The van der Waals surface area contributed by atoms with E-state index in [0.29, 0.717) is 48.5 Å². The molecule has 9 nitrogen and oxygen atoms in total. The smallest absolute Gasteiger partial charge is 0.341 e. The molecule has 2 aliphatic rings. The van der Waals surface area contributed by atoms with Crippen LogP contribution in [0.25, 0.3) is 0 Å². The molecule has 1 aromatic carbocycles. The fraction of sp³-hybridized carbons (Fsp3) is 0.455. The first-order chi connectivity index (χ1) is 15.9. The third-order valence-electron chi connectivity index (χ3n) is 5.37. The van der Waals surface area contributed by atoms with E-state index < -0.39 is 21.9 Å². The van der Waals surface area contributed by atoms with Gasteiger partial charge in [0.25, 0.3) is 5.91 Å². The number of ether oxygens (including phenoxy) is 3. The highest BCUT2D eigenvalue weighted by Crippen LogP contribution is 2.46. The molecule has 1 amide bonds. The lowest BCUT2D eigenvalue weighted by Crippen LogP contribution is -2.40. The lowest BCUT2D eigenvalue weighted by Gasteiger charge is -2.26. The Labute approximate surface area is 196 Å². The monoisotopic (exact) mass is 494 g/mol. The first-order valence-corrected chi connectivity index (χ1v) is 13.1. The molecule has 4 rings (SSSR count). The van der Waals surface area contributed by atoms with Gasteiger partial charge < -0.3 is 19.5 Å². The van der Waals surface area contributed by atoms with Crippen LogP contribution in [0.1, 0.15) is 41.6 Å². The maximum Gasteiger partial charge on any atom is 0.341 e. The van der Waals surface area contributed by atoms with Gasteiger partial charge in [-0.25, -0.2) is 13.2 Å². The minimum atomic E-state index is -3.59. The second kappa shape index (κ2) is 10.2. The van der Waals surface area contributed by atoms with E-state index in [1.807, 2.05) is 5.38 Å². The van der Waals surface area contributed by atoms with Gasteiger partial charge in [-0.1, -0.05) is 0 Å². The van der Waals surface area contributed by atoms with Gasteiger partial charge in [0.1, 0.15) is 10.8 Å². The fourth-order valence-corrected chi connectivity index (χ4v) is 5.98. The predicted molar refractivity (Wildman–Crippen MR) is 122 cm³/mol. The Bertz CT molecular complexity index is 1100. The highest BCUT2D eigenvalue weighted by Gasteiger charge is 2.32. The largest absolute Gasteiger partial charge is 0.484 e. The van der Waals surface area contributed by atoms with Gasteiger partial charge in [-0.05, 0) is 60.9 Å². The van der Waals surface area contributed by atoms with Crippen LogP contribution in [0.5, 0.6) is 5.75 Å². The molecule has 0 bridgehead atoms. The van der Waals surface area contributed by atoms with Gasteiger partial charge in [-0.15, -0.1) is 11.3 Å². The molecule has 1 N–H and O–H groups in total. The molecule has 0 radical (unpaired) electrons. The molecule has 1 saturated heterocycles. The Balaban J connectivity index is 1.36. The Kier molecular flexibility index (Phi) is 7.32. The summed E-state index contributed by atoms with van der Waals surface area (Å²) in [7, 11) is -3.59. The number of benzene rings is 1. The van der Waals surface area contributed by atoms with Crippen LogP contribution in [0.3, 0.4) is 0 Å². The third-order valence-corrected chi connectivity index (χ3v) is 8.20. The van der Waals surface area contributed by atoms with E-state index in [9.17, 15) is 18.0 Å². The summed E-state index contributed by atoms with van der Waals surface area (Å²) in [6.45, 7) is 3.10. The molecule has 11 heteroatoms. The first kappa shape index (κ1) is 23.7. The topological polar surface area (TPSA) is 111 Å². The number of amides is 1. The average Bonchev–Trinajstić information content (AvgIpc) is 3.59. The van der Waals surface area contributed by atoms with Crippen LogP contribution in [-0.2, 0) is 24.3 Å². The maximum absolute atomic E-state index is 12.7. The standard InChI is InChI=1S/C22H26N2O7S2/c1-2-30-22(26)20-18(15-3-4-15)14-32-21(20)23-19(25)13-31-16-5-7-17(8-6-16)33(27,28)24-9-11-29-12-10-24/h5-8,14-15H,2-4,9-13H2,1H3,(H,23,25). The van der Waals surface area contributed by atoms with Crippen molar-refractivity contribution in [2.45, 2.75) is 30.6 Å². The zero-order valence-corrected chi connectivity index (χ0v) is 19.9. The van der Waals surface area contributed by atoms with Crippen LogP contribution in [0.4, 0.5) is 5.00 Å². The van der Waals surface area contributed by atoms with Gasteiger partial charge in [0.15, 0.2) is 6.61 Å². The number of hydrogen-bond acceptors (Lipinski definition) is 8. The van der Waals surface area contributed by atoms with Crippen LogP contribution in [0.2, 0.25) is 0 Å². The molecular formula is C22H26N2O7S2. The summed E-state index contributed by atoms with van der Waals surface area (Å²) in [4.78, 5) is 25.0. The molecule has 0 atom stereocenters. The van der Waals surface area contributed by atoms with E-state index in [-0.39, 0.29) is 18.1 Å². The number of sulfonamides is 1. The van der Waals surface area contributed by atoms with Crippen molar-refractivity contribution >= 4 is 38.2 Å². The second-order valence-electron chi connectivity index (χ2n) is 7.71. The number of hydrogen-bond donors (Lipinski definition) is 1. The summed E-state index contributed by atoms with van der Waals surface area (Å²) < 4.78 is 42.6. The molecule has 1 aliphatic carbocycles. The van der Waals surface area contributed by atoms with Crippen molar-refractivity contribution in [3.05, 3.63) is 40.8 Å². The van der Waals surface area contributed by atoms with E-state index in [1.54, 1.807) is 6.92 Å². The highest BCUT2D eigenvalue weighted by molar-refractivity contribution is 7.89. The minimum Gasteiger partial charge on any atom is -0.484 e. The molecule has 0 spiro atoms. The van der Waals surface area contributed by atoms with Gasteiger partial charge >= 0.3 is 5.97 Å². The number of nitrogens with zero attached hydrogens (tertiary/aromatic N) is 1. The molecule has 1 aromatic heterocycles. The predicted octanol–water partition coefficient (Wildman–Crippen LogP) is 2.84. The van der Waals surface area contributed by atoms with Crippen LogP contribution in [-0.4, -0.2) is 64.1 Å². The lowest BCUT2D eigenvalue weighted by atomic mass is 10.1. The van der Waals surface area contributed by atoms with Crippen LogP contribution < -0.4 is 10.1 Å². The van der Waals surface area contributed by atoms with Gasteiger partial charge in [-0.2, -0.15) is 4.31 Å². The molecule has 1 aliphatic heterocycles. The molecular weight excluding hydrogens is 468 g/mol. The zero-order chi connectivity index (χ0) is 23.4. The van der Waals surface area contributed by atoms with E-state index in [0.717, 1.165) is 18.4 Å². The molecule has 2 aromatic rings. The van der Waals surface area contributed by atoms with E-state index in [4.69, 9.17) is 14.2 Å². The Morgan fingerprint density at radius 3 is 2.52 bits per heavy atom. The quantitative estimate of drug-likeness (QED) is 0.534. The summed E-state index contributed by atoms with van der Waals surface area (Å²) >= 11 is 1.30. The zero-order valence-electron chi connectivity index (χ0n) is 18.2. The van der Waals surface area contributed by atoms with Crippen molar-refractivity contribution in [3.8, 4) is 5.75 Å². The SMILES string of the molecule is CCOC(=O)c1c(C2CC2)csc1NC(=O)COc1ccc(S(=O)(=O)N2CCOCC2)cc1. The van der Waals surface area contributed by atoms with Gasteiger partial charge in [0.05, 0.1) is 30.3 Å². The normalized spacial score (nSPS) is 16.9. The Hall–Kier alpha value is -2.47. The first-order valence-electron chi connectivity index (χ1n) is 10.8. The molecule has 2 heterocycles. The number of anilines is 1. The van der Waals surface area contributed by atoms with Crippen molar-refractivity contribution in [3.63, 3.8) is 0 Å². The van der Waals surface area contributed by atoms with Crippen molar-refractivity contribution < 1.29 is 32.2 Å². The number of esters is 1. The molecule has 0 unspecified atom stereocenters. The van der Waals surface area contributed by atoms with Gasteiger partial charge in [0, 0.05) is 13.1 Å². The number of carbonyl (C=O) groups is 2. The number of thiophene rings is 1. The van der Waals surface area contributed by atoms with E-state index in [2.05, 4.69) is 5.32 Å². The van der Waals surface area contributed by atoms with E-state index in [1.165, 1.54) is 39.9 Å². The van der Waals surface area contributed by atoms with Crippen molar-refractivity contribution in [1.82, 2.24) is 4.31 Å². The number of nitrogens with one attached hydrogen (secondary N) is 1. The van der Waals surface area contributed by atoms with Crippen LogP contribution in [0, 0.1) is 0 Å². The molecule has 33 heavy (non-hydrogen) atoms. The Morgan fingerprint density at radius 2 is 1.88 bits per heavy atom. The van der Waals surface area contributed by atoms with Crippen LogP contribution in [0.15, 0.2) is 34.5 Å². The maximum atomic E-state index is 12.7. The average molecular weight is 495 g/mol. The van der Waals surface area contributed by atoms with Gasteiger partial charge in [-0.3, -0.25) is 4.79 Å². The number of carbonyl (C=O) groups excluding carboxylic acids is 2. The summed E-state index contributed by atoms with van der Waals surface area (Å²) in [5, 5.41) is 5.09. The summed E-state index contributed by atoms with van der Waals surface area (Å²) in [6, 6.07) is 5.94. The van der Waals surface area contributed by atoms with Crippen LogP contribution >= 0.6 is 11.3 Å². The lowest BCUT2D eigenvalue weighted by molar-refractivity contribution is -0.118. The second-order valence-corrected chi connectivity index (χ2v) is 10.5. The highest BCUT2D eigenvalue weighted by atomic mass is 32.2. The molecule has 178 valence electrons.